The minimum atomic E-state index is -4.49. The van der Waals surface area contributed by atoms with Crippen LogP contribution in [-0.4, -0.2) is 76.3 Å². The van der Waals surface area contributed by atoms with Crippen molar-refractivity contribution >= 4 is 52.6 Å². The van der Waals surface area contributed by atoms with E-state index >= 15 is 4.39 Å². The summed E-state index contributed by atoms with van der Waals surface area (Å²) in [6.45, 7) is 3.57. The number of carbonyl (C=O) groups excluding carboxylic acids is 4. The van der Waals surface area contributed by atoms with E-state index in [2.05, 4.69) is 16.5 Å². The molecule has 1 aliphatic carbocycles. The molecule has 338 valence electrons. The molecule has 2 N–H and O–H groups in total. The van der Waals surface area contributed by atoms with Gasteiger partial charge < -0.3 is 24.4 Å². The fraction of sp³-hybridized carbons (Fsp3) is 0.468. The number of esters is 1. The first-order valence-corrected chi connectivity index (χ1v) is 24.5. The molecule has 1 spiro atoms. The predicted molar refractivity (Wildman–Crippen MR) is 234 cm³/mol. The maximum Gasteiger partial charge on any atom is 0.355 e. The first kappa shape index (κ1) is 45.3. The SMILES string of the molecule is CCCOC(=O)[C@H](C)NP(=O)(Oc1ccccc1)[C@@H](F)c1ccc2sc(C(=O)N[C@H]3CCCC[C@H]4CC[C@@H](C(=O)N5C[C@@H](c6cccc(C(F)F)c6)[C@H](C#N)C56CC6)N4C3=O)cc2c1. The van der Waals surface area contributed by atoms with Gasteiger partial charge in [0.05, 0.1) is 29.0 Å². The fourth-order valence-corrected chi connectivity index (χ4v) is 12.6. The van der Waals surface area contributed by atoms with Crippen molar-refractivity contribution in [2.75, 3.05) is 13.2 Å². The molecule has 4 fully saturated rings. The molecule has 8 atom stereocenters. The normalized spacial score (nSPS) is 24.6. The van der Waals surface area contributed by atoms with Crippen LogP contribution >= 0.6 is 18.9 Å². The van der Waals surface area contributed by atoms with E-state index in [0.717, 1.165) is 17.8 Å². The first-order valence-electron chi connectivity index (χ1n) is 22.0. The van der Waals surface area contributed by atoms with E-state index in [1.165, 1.54) is 43.3 Å². The average Bonchev–Trinajstić information content (AvgIpc) is 3.61. The number of hydrogen-bond acceptors (Lipinski definition) is 9. The molecule has 4 aliphatic rings. The van der Waals surface area contributed by atoms with Crippen LogP contribution in [0, 0.1) is 17.2 Å². The maximum atomic E-state index is 16.6. The molecule has 0 bridgehead atoms. The second-order valence-corrected chi connectivity index (χ2v) is 20.5. The van der Waals surface area contributed by atoms with Crippen LogP contribution in [0.5, 0.6) is 5.75 Å². The number of alkyl halides is 3. The fourth-order valence-electron chi connectivity index (χ4n) is 9.74. The van der Waals surface area contributed by atoms with E-state index in [1.807, 2.05) is 6.92 Å². The second kappa shape index (κ2) is 18.7. The van der Waals surface area contributed by atoms with Gasteiger partial charge in [-0.05, 0) is 105 Å². The van der Waals surface area contributed by atoms with Crippen LogP contribution in [0.2, 0.25) is 0 Å². The molecule has 3 saturated heterocycles. The van der Waals surface area contributed by atoms with Crippen LogP contribution in [0.15, 0.2) is 78.9 Å². The van der Waals surface area contributed by atoms with Gasteiger partial charge in [-0.3, -0.25) is 23.7 Å². The molecule has 8 rings (SSSR count). The number of nitrogens with zero attached hydrogens (tertiary/aromatic N) is 3. The number of para-hydroxylation sites is 1. The average molecular weight is 918 g/mol. The van der Waals surface area contributed by atoms with Gasteiger partial charge in [0.2, 0.25) is 17.7 Å². The lowest BCUT2D eigenvalue weighted by Gasteiger charge is -2.37. The molecule has 1 unspecified atom stereocenters. The monoisotopic (exact) mass is 917 g/mol. The Morgan fingerprint density at radius 1 is 0.969 bits per heavy atom. The molecule has 4 heterocycles. The van der Waals surface area contributed by atoms with Gasteiger partial charge in [-0.15, -0.1) is 11.3 Å². The Morgan fingerprint density at radius 2 is 1.73 bits per heavy atom. The number of hydrogen-bond donors (Lipinski definition) is 2. The van der Waals surface area contributed by atoms with Gasteiger partial charge in [-0.1, -0.05) is 62.2 Å². The van der Waals surface area contributed by atoms with E-state index in [-0.39, 0.29) is 52.8 Å². The van der Waals surface area contributed by atoms with Gasteiger partial charge in [-0.2, -0.15) is 5.26 Å². The smallest absolute Gasteiger partial charge is 0.355 e. The summed E-state index contributed by atoms with van der Waals surface area (Å²) in [5.41, 5.74) is -0.281. The summed E-state index contributed by atoms with van der Waals surface area (Å²) in [4.78, 5) is 59.5. The van der Waals surface area contributed by atoms with Gasteiger partial charge in [-0.25, -0.2) is 18.3 Å². The van der Waals surface area contributed by atoms with Crippen molar-refractivity contribution in [1.82, 2.24) is 20.2 Å². The van der Waals surface area contributed by atoms with Crippen molar-refractivity contribution < 1.29 is 46.2 Å². The van der Waals surface area contributed by atoms with Crippen LogP contribution in [0.25, 0.3) is 10.1 Å². The molecule has 1 saturated carbocycles. The summed E-state index contributed by atoms with van der Waals surface area (Å²) in [5, 5.41) is 16.4. The molecule has 12 nitrogen and oxygen atoms in total. The van der Waals surface area contributed by atoms with Gasteiger partial charge in [0.1, 0.15) is 23.9 Å². The largest absolute Gasteiger partial charge is 0.465 e. The molecule has 3 aromatic carbocycles. The molecule has 3 aliphatic heterocycles. The lowest BCUT2D eigenvalue weighted by atomic mass is 9.84. The van der Waals surface area contributed by atoms with Crippen molar-refractivity contribution in [3.63, 3.8) is 0 Å². The predicted octanol–water partition coefficient (Wildman–Crippen LogP) is 9.34. The topological polar surface area (TPSA) is 158 Å². The van der Waals surface area contributed by atoms with E-state index in [1.54, 1.807) is 52.3 Å². The molecule has 64 heavy (non-hydrogen) atoms. The molecular formula is C47H51F3N5O7PS. The van der Waals surface area contributed by atoms with Crippen molar-refractivity contribution in [3.8, 4) is 11.8 Å². The first-order chi connectivity index (χ1) is 30.8. The van der Waals surface area contributed by atoms with Crippen LogP contribution in [0.4, 0.5) is 13.2 Å². The molecule has 4 aromatic rings. The van der Waals surface area contributed by atoms with E-state index in [4.69, 9.17) is 9.26 Å². The number of ether oxygens (including phenoxy) is 1. The van der Waals surface area contributed by atoms with Crippen LogP contribution in [-0.2, 0) is 23.7 Å². The second-order valence-electron chi connectivity index (χ2n) is 17.3. The Labute approximate surface area is 374 Å². The number of fused-ring (bicyclic) bond motifs is 2. The third-order valence-corrected chi connectivity index (χ3v) is 16.3. The number of nitriles is 1. The van der Waals surface area contributed by atoms with Crippen LogP contribution < -0.4 is 14.9 Å². The zero-order chi connectivity index (χ0) is 45.3. The Kier molecular flexibility index (Phi) is 13.3. The standard InChI is InChI=1S/C47H51F3N5O7PS/c1-3-22-61-46(59)28(2)53-63(60,62-34-13-5-4-6-14-34)42(50)31-16-19-39-32(24-31)25-40(64-39)43(56)52-37-15-8-7-12-33-17-18-38(55(33)44(37)57)45(58)54-27-35(36(26-51)47(54)20-21-47)29-10-9-11-30(23-29)41(48)49/h4-6,9-11,13-14,16,19,23-25,28,33,35-38,41-42H,3,7-8,12,15,17-18,20-22,27H2,1-2H3,(H,52,56)(H,53,60)/t28-,33-,35-,36-,37-,38-,42+,63?/m0/s1. The summed E-state index contributed by atoms with van der Waals surface area (Å²) >= 11 is 1.14. The van der Waals surface area contributed by atoms with E-state index < -0.39 is 67.2 Å². The molecule has 3 amide bonds. The zero-order valence-corrected chi connectivity index (χ0v) is 37.3. The number of thiophene rings is 1. The summed E-state index contributed by atoms with van der Waals surface area (Å²) in [6.07, 6.45) is 2.69. The van der Waals surface area contributed by atoms with Crippen molar-refractivity contribution in [2.24, 2.45) is 5.92 Å². The number of halogens is 3. The van der Waals surface area contributed by atoms with Gasteiger partial charge in [0, 0.05) is 28.8 Å². The number of rotatable bonds is 14. The summed E-state index contributed by atoms with van der Waals surface area (Å²) < 4.78 is 69.9. The highest BCUT2D eigenvalue weighted by atomic mass is 32.1. The van der Waals surface area contributed by atoms with Crippen LogP contribution in [0.3, 0.4) is 0 Å². The number of amides is 3. The van der Waals surface area contributed by atoms with Gasteiger partial charge in [0.15, 0.2) is 0 Å². The third-order valence-electron chi connectivity index (χ3n) is 13.1. The number of nitrogens with one attached hydrogen (secondary N) is 2. The lowest BCUT2D eigenvalue weighted by Crippen LogP contribution is -2.57. The van der Waals surface area contributed by atoms with Crippen molar-refractivity contribution in [3.05, 3.63) is 100 Å². The number of carbonyl (C=O) groups is 4. The number of benzene rings is 3. The highest BCUT2D eigenvalue weighted by Crippen LogP contribution is 2.59. The Hall–Kier alpha value is -5.23. The third kappa shape index (κ3) is 8.91. The van der Waals surface area contributed by atoms with Crippen molar-refractivity contribution in [1.29, 1.82) is 5.26 Å². The number of likely N-dealkylation sites (tertiary alicyclic amines) is 1. The zero-order valence-electron chi connectivity index (χ0n) is 35.6. The summed E-state index contributed by atoms with van der Waals surface area (Å²) in [5.74, 6) is -4.96. The van der Waals surface area contributed by atoms with E-state index in [9.17, 15) is 37.8 Å². The summed E-state index contributed by atoms with van der Waals surface area (Å²) in [6, 6.07) is 19.5. The quantitative estimate of drug-likeness (QED) is 0.0929. The molecule has 1 aromatic heterocycles. The maximum absolute atomic E-state index is 16.6. The summed E-state index contributed by atoms with van der Waals surface area (Å²) in [7, 11) is -4.49. The molecular weight excluding hydrogens is 867 g/mol. The van der Waals surface area contributed by atoms with E-state index in [0.29, 0.717) is 67.0 Å². The van der Waals surface area contributed by atoms with Crippen LogP contribution in [0.1, 0.15) is 116 Å². The lowest BCUT2D eigenvalue weighted by molar-refractivity contribution is -0.148. The minimum absolute atomic E-state index is 0.0100. The molecule has 17 heteroatoms. The highest BCUT2D eigenvalue weighted by Gasteiger charge is 2.64. The molecule has 0 radical (unpaired) electrons. The van der Waals surface area contributed by atoms with Crippen molar-refractivity contribution in [2.45, 2.75) is 120 Å². The minimum Gasteiger partial charge on any atom is -0.465 e. The highest BCUT2D eigenvalue weighted by molar-refractivity contribution is 7.57. The Balaban J connectivity index is 0.991. The Bertz CT molecular complexity index is 2500. The van der Waals surface area contributed by atoms with Gasteiger partial charge >= 0.3 is 13.5 Å². The Morgan fingerprint density at radius 3 is 2.45 bits per heavy atom. The van der Waals surface area contributed by atoms with Gasteiger partial charge in [0.25, 0.3) is 12.3 Å².